The van der Waals surface area contributed by atoms with Crippen molar-refractivity contribution >= 4 is 33.0 Å². The number of methoxy groups -OCH3 is 2. The number of ketones is 1. The summed E-state index contributed by atoms with van der Waals surface area (Å²) in [6.07, 6.45) is 7.76. The summed E-state index contributed by atoms with van der Waals surface area (Å²) in [6, 6.07) is 9.12. The molecule has 0 fully saturated rings. The van der Waals surface area contributed by atoms with Crippen molar-refractivity contribution in [1.82, 2.24) is 9.97 Å². The summed E-state index contributed by atoms with van der Waals surface area (Å²) >= 11 is 1.35. The Morgan fingerprint density at radius 1 is 1.09 bits per heavy atom. The number of anilines is 1. The topological polar surface area (TPSA) is 87.3 Å². The van der Waals surface area contributed by atoms with Crippen molar-refractivity contribution in [2.45, 2.75) is 25.7 Å². The molecule has 1 aliphatic carbocycles. The van der Waals surface area contributed by atoms with Gasteiger partial charge in [-0.15, -0.1) is 11.3 Å². The van der Waals surface area contributed by atoms with Crippen LogP contribution in [-0.4, -0.2) is 30.0 Å². The summed E-state index contributed by atoms with van der Waals surface area (Å²) in [6.45, 7) is 0. The van der Waals surface area contributed by atoms with Crippen LogP contribution in [0.5, 0.6) is 11.5 Å². The van der Waals surface area contributed by atoms with E-state index >= 15 is 0 Å². The van der Waals surface area contributed by atoms with Crippen molar-refractivity contribution in [2.24, 2.45) is 0 Å². The summed E-state index contributed by atoms with van der Waals surface area (Å²) < 4.78 is 10.7. The van der Waals surface area contributed by atoms with Crippen molar-refractivity contribution in [2.75, 3.05) is 20.0 Å². The number of carbonyl (C=O) groups excluding carboxylic acids is 1. The number of pyridine rings is 2. The molecule has 0 amide bonds. The van der Waals surface area contributed by atoms with Gasteiger partial charge >= 0.3 is 0 Å². The molecule has 6 nitrogen and oxygen atoms in total. The SMILES string of the molecule is COc1ccc(C(=O)c2sc3nc4c(c(-c5cccnc5)c3c2N)CCCC4)cc1OC. The largest absolute Gasteiger partial charge is 0.493 e. The van der Waals surface area contributed by atoms with Gasteiger partial charge in [-0.05, 0) is 55.5 Å². The Hall–Kier alpha value is -3.45. The minimum absolute atomic E-state index is 0.151. The van der Waals surface area contributed by atoms with Crippen LogP contribution >= 0.6 is 11.3 Å². The molecule has 0 atom stereocenters. The number of benzene rings is 1. The molecule has 7 heteroatoms. The van der Waals surface area contributed by atoms with Gasteiger partial charge in [-0.25, -0.2) is 4.98 Å². The maximum absolute atomic E-state index is 13.5. The van der Waals surface area contributed by atoms with E-state index in [2.05, 4.69) is 4.98 Å². The molecule has 3 aromatic heterocycles. The fourth-order valence-electron chi connectivity index (χ4n) is 4.41. The van der Waals surface area contributed by atoms with Crippen LogP contribution in [0.4, 0.5) is 5.69 Å². The van der Waals surface area contributed by atoms with Gasteiger partial charge in [-0.2, -0.15) is 0 Å². The molecule has 162 valence electrons. The number of nitrogens with zero attached hydrogens (tertiary/aromatic N) is 2. The summed E-state index contributed by atoms with van der Waals surface area (Å²) in [5.41, 5.74) is 12.0. The second kappa shape index (κ2) is 8.24. The third-order valence-electron chi connectivity index (χ3n) is 5.96. The lowest BCUT2D eigenvalue weighted by atomic mass is 9.88. The Balaban J connectivity index is 1.71. The van der Waals surface area contributed by atoms with Gasteiger partial charge in [0.2, 0.25) is 5.78 Å². The number of fused-ring (bicyclic) bond motifs is 2. The standard InChI is InChI=1S/C25H23N3O3S/c1-30-18-10-9-14(12-19(18)31-2)23(29)24-22(26)21-20(15-6-5-11-27-13-15)16-7-3-4-8-17(16)28-25(21)32-24/h5-6,9-13H,3-4,7-8,26H2,1-2H3. The minimum atomic E-state index is -0.151. The first-order valence-electron chi connectivity index (χ1n) is 10.5. The van der Waals surface area contributed by atoms with Gasteiger partial charge in [-0.3, -0.25) is 9.78 Å². The average Bonchev–Trinajstić information content (AvgIpc) is 3.17. The van der Waals surface area contributed by atoms with E-state index in [-0.39, 0.29) is 5.78 Å². The summed E-state index contributed by atoms with van der Waals surface area (Å²) in [4.78, 5) is 24.0. The molecule has 5 rings (SSSR count). The number of carbonyl (C=O) groups is 1. The van der Waals surface area contributed by atoms with Gasteiger partial charge in [0.05, 0.1) is 19.9 Å². The lowest BCUT2D eigenvalue weighted by molar-refractivity contribution is 0.104. The number of hydrogen-bond donors (Lipinski definition) is 1. The molecule has 2 N–H and O–H groups in total. The molecular formula is C25H23N3O3S. The summed E-state index contributed by atoms with van der Waals surface area (Å²) in [5, 5.41) is 0.854. The van der Waals surface area contributed by atoms with Gasteiger partial charge in [0.15, 0.2) is 11.5 Å². The van der Waals surface area contributed by atoms with Crippen LogP contribution in [0.1, 0.15) is 39.3 Å². The fourth-order valence-corrected chi connectivity index (χ4v) is 5.50. The van der Waals surface area contributed by atoms with Crippen LogP contribution < -0.4 is 15.2 Å². The van der Waals surface area contributed by atoms with Gasteiger partial charge < -0.3 is 15.2 Å². The number of thiophene rings is 1. The number of rotatable bonds is 5. The smallest absolute Gasteiger partial charge is 0.205 e. The fraction of sp³-hybridized carbons (Fsp3) is 0.240. The van der Waals surface area contributed by atoms with Crippen LogP contribution in [0, 0.1) is 0 Å². The van der Waals surface area contributed by atoms with Crippen LogP contribution in [0.25, 0.3) is 21.3 Å². The lowest BCUT2D eigenvalue weighted by Gasteiger charge is -2.20. The zero-order valence-corrected chi connectivity index (χ0v) is 18.8. The molecule has 0 aliphatic heterocycles. The molecule has 0 saturated heterocycles. The van der Waals surface area contributed by atoms with E-state index in [9.17, 15) is 4.79 Å². The zero-order valence-electron chi connectivity index (χ0n) is 18.0. The Morgan fingerprint density at radius 3 is 2.66 bits per heavy atom. The normalized spacial score (nSPS) is 13.1. The molecule has 0 spiro atoms. The van der Waals surface area contributed by atoms with Crippen molar-refractivity contribution in [3.05, 3.63) is 64.4 Å². The highest BCUT2D eigenvalue weighted by molar-refractivity contribution is 7.21. The van der Waals surface area contributed by atoms with Crippen LogP contribution in [-0.2, 0) is 12.8 Å². The third kappa shape index (κ3) is 3.29. The van der Waals surface area contributed by atoms with Crippen LogP contribution in [0.2, 0.25) is 0 Å². The molecule has 0 unspecified atom stereocenters. The molecule has 4 aromatic rings. The first-order valence-corrected chi connectivity index (χ1v) is 11.3. The Bertz CT molecular complexity index is 1330. The van der Waals surface area contributed by atoms with Gasteiger partial charge in [0, 0.05) is 40.2 Å². The Labute approximate surface area is 190 Å². The quantitative estimate of drug-likeness (QED) is 0.432. The summed E-state index contributed by atoms with van der Waals surface area (Å²) in [5.74, 6) is 0.922. The van der Waals surface area contributed by atoms with E-state index in [1.807, 2.05) is 18.3 Å². The predicted octanol–water partition coefficient (Wildman–Crippen LogP) is 5.07. The van der Waals surface area contributed by atoms with E-state index in [1.165, 1.54) is 16.9 Å². The first kappa shape index (κ1) is 20.5. The Morgan fingerprint density at radius 2 is 1.91 bits per heavy atom. The number of hydrogen-bond acceptors (Lipinski definition) is 7. The predicted molar refractivity (Wildman–Crippen MR) is 127 cm³/mol. The maximum atomic E-state index is 13.5. The van der Waals surface area contributed by atoms with E-state index in [0.29, 0.717) is 27.6 Å². The zero-order chi connectivity index (χ0) is 22.2. The second-order valence-electron chi connectivity index (χ2n) is 7.78. The highest BCUT2D eigenvalue weighted by Crippen LogP contribution is 2.44. The highest BCUT2D eigenvalue weighted by atomic mass is 32.1. The number of nitrogens with two attached hydrogens (primary N) is 1. The van der Waals surface area contributed by atoms with Gasteiger partial charge in [0.1, 0.15) is 9.71 Å². The van der Waals surface area contributed by atoms with Crippen molar-refractivity contribution in [3.8, 4) is 22.6 Å². The molecule has 1 aliphatic rings. The molecule has 0 radical (unpaired) electrons. The third-order valence-corrected chi connectivity index (χ3v) is 7.05. The van der Waals surface area contributed by atoms with E-state index in [4.69, 9.17) is 20.2 Å². The lowest BCUT2D eigenvalue weighted by Crippen LogP contribution is -2.08. The van der Waals surface area contributed by atoms with E-state index in [0.717, 1.165) is 52.7 Å². The van der Waals surface area contributed by atoms with Crippen molar-refractivity contribution in [1.29, 1.82) is 0 Å². The second-order valence-corrected chi connectivity index (χ2v) is 8.78. The minimum Gasteiger partial charge on any atom is -0.493 e. The Kier molecular flexibility index (Phi) is 5.27. The molecule has 0 saturated carbocycles. The van der Waals surface area contributed by atoms with Crippen molar-refractivity contribution in [3.63, 3.8) is 0 Å². The van der Waals surface area contributed by atoms with Crippen LogP contribution in [0.3, 0.4) is 0 Å². The number of aromatic nitrogens is 2. The van der Waals surface area contributed by atoms with Gasteiger partial charge in [-0.1, -0.05) is 6.07 Å². The highest BCUT2D eigenvalue weighted by Gasteiger charge is 2.26. The number of nitrogen functional groups attached to an aromatic ring is 1. The number of ether oxygens (including phenoxy) is 2. The number of aryl methyl sites for hydroxylation is 1. The molecule has 32 heavy (non-hydrogen) atoms. The van der Waals surface area contributed by atoms with E-state index in [1.54, 1.807) is 38.6 Å². The molecule has 0 bridgehead atoms. The average molecular weight is 446 g/mol. The van der Waals surface area contributed by atoms with Gasteiger partial charge in [0.25, 0.3) is 0 Å². The molecule has 1 aromatic carbocycles. The summed E-state index contributed by atoms with van der Waals surface area (Å²) in [7, 11) is 3.12. The monoisotopic (exact) mass is 445 g/mol. The van der Waals surface area contributed by atoms with E-state index < -0.39 is 0 Å². The van der Waals surface area contributed by atoms with Crippen LogP contribution in [0.15, 0.2) is 42.7 Å². The maximum Gasteiger partial charge on any atom is 0.205 e. The van der Waals surface area contributed by atoms with Crippen molar-refractivity contribution < 1.29 is 14.3 Å². The molecule has 3 heterocycles. The first-order chi connectivity index (χ1) is 15.6. The molecular weight excluding hydrogens is 422 g/mol.